The molecule has 0 saturated carbocycles. The largest absolute Gasteiger partial charge is 0.457 e. The summed E-state index contributed by atoms with van der Waals surface area (Å²) in [5.74, 6) is 0.0559. The number of benzene rings is 4. The van der Waals surface area contributed by atoms with Crippen molar-refractivity contribution in [2.24, 2.45) is 0 Å². The summed E-state index contributed by atoms with van der Waals surface area (Å²) in [5, 5.41) is 0. The van der Waals surface area contributed by atoms with Gasteiger partial charge in [-0.3, -0.25) is 24.1 Å². The second-order valence-electron chi connectivity index (χ2n) is 9.04. The summed E-state index contributed by atoms with van der Waals surface area (Å²) >= 11 is 0. The maximum absolute atomic E-state index is 13.3. The predicted octanol–water partition coefficient (Wildman–Crippen LogP) is 5.61. The molecule has 0 spiro atoms. The van der Waals surface area contributed by atoms with Gasteiger partial charge in [-0.25, -0.2) is 4.90 Å². The molecule has 2 aliphatic rings. The predicted molar refractivity (Wildman–Crippen MR) is 138 cm³/mol. The monoisotopic (exact) mass is 504 g/mol. The standard InChI is InChI=1S/C30H20N2O6/c1-17-6-8-19(9-7-17)37-20-5-3-4-18(14-20)32-29(35)24-13-11-22(16-26(24)30(32)36)38-21-10-12-23-25(15-21)28(34)31(2)27(23)33/h3-16H,1-2H3. The van der Waals surface area contributed by atoms with Gasteiger partial charge in [0.15, 0.2) is 0 Å². The number of fused-ring (bicyclic) bond motifs is 2. The summed E-state index contributed by atoms with van der Waals surface area (Å²) in [5.41, 5.74) is 2.50. The molecular weight excluding hydrogens is 484 g/mol. The SMILES string of the molecule is Cc1ccc(Oc2cccc(N3C(=O)c4ccc(Oc5ccc6c(c5)C(=O)N(C)C6=O)cc4C3=O)c2)cc1. The lowest BCUT2D eigenvalue weighted by Gasteiger charge is -2.15. The Kier molecular flexibility index (Phi) is 5.31. The highest BCUT2D eigenvalue weighted by atomic mass is 16.5. The molecule has 0 unspecified atom stereocenters. The number of hydrogen-bond donors (Lipinski definition) is 0. The van der Waals surface area contributed by atoms with E-state index in [9.17, 15) is 19.2 Å². The minimum Gasteiger partial charge on any atom is -0.457 e. The number of aryl methyl sites for hydroxylation is 1. The first-order chi connectivity index (χ1) is 18.3. The molecule has 0 N–H and O–H groups in total. The molecule has 0 saturated heterocycles. The Bertz CT molecular complexity index is 1670. The second-order valence-corrected chi connectivity index (χ2v) is 9.04. The van der Waals surface area contributed by atoms with E-state index < -0.39 is 17.7 Å². The van der Waals surface area contributed by atoms with Crippen LogP contribution in [0.15, 0.2) is 84.9 Å². The van der Waals surface area contributed by atoms with Gasteiger partial charge >= 0.3 is 0 Å². The summed E-state index contributed by atoms with van der Waals surface area (Å²) in [6.45, 7) is 1.98. The van der Waals surface area contributed by atoms with E-state index in [0.717, 1.165) is 15.4 Å². The van der Waals surface area contributed by atoms with Crippen LogP contribution in [-0.4, -0.2) is 35.6 Å². The lowest BCUT2D eigenvalue weighted by Crippen LogP contribution is -2.29. The first-order valence-corrected chi connectivity index (χ1v) is 11.8. The normalized spacial score (nSPS) is 14.2. The molecule has 0 atom stereocenters. The zero-order valence-electron chi connectivity index (χ0n) is 20.4. The topological polar surface area (TPSA) is 93.2 Å². The molecule has 0 radical (unpaired) electrons. The zero-order valence-corrected chi connectivity index (χ0v) is 20.4. The van der Waals surface area contributed by atoms with Crippen molar-refractivity contribution in [2.45, 2.75) is 6.92 Å². The van der Waals surface area contributed by atoms with Crippen molar-refractivity contribution in [3.05, 3.63) is 113 Å². The smallest absolute Gasteiger partial charge is 0.266 e. The molecule has 0 fully saturated rings. The molecule has 0 bridgehead atoms. The van der Waals surface area contributed by atoms with Crippen LogP contribution in [0.1, 0.15) is 47.0 Å². The minimum atomic E-state index is -0.487. The summed E-state index contributed by atoms with van der Waals surface area (Å²) in [7, 11) is 1.42. The van der Waals surface area contributed by atoms with Crippen molar-refractivity contribution in [3.8, 4) is 23.0 Å². The van der Waals surface area contributed by atoms with Crippen LogP contribution < -0.4 is 14.4 Å². The maximum Gasteiger partial charge on any atom is 0.266 e. The molecule has 186 valence electrons. The van der Waals surface area contributed by atoms with E-state index in [0.29, 0.717) is 34.2 Å². The number of nitrogens with zero attached hydrogens (tertiary/aromatic N) is 2. The van der Waals surface area contributed by atoms with Gasteiger partial charge in [0.1, 0.15) is 23.0 Å². The van der Waals surface area contributed by atoms with Crippen LogP contribution in [0.25, 0.3) is 0 Å². The Hall–Kier alpha value is -5.24. The number of amides is 4. The first kappa shape index (κ1) is 23.2. The number of rotatable bonds is 5. The van der Waals surface area contributed by atoms with E-state index in [2.05, 4.69) is 0 Å². The first-order valence-electron chi connectivity index (χ1n) is 11.8. The lowest BCUT2D eigenvalue weighted by atomic mass is 10.1. The number of carbonyl (C=O) groups is 4. The fraction of sp³-hybridized carbons (Fsp3) is 0.0667. The molecule has 0 aromatic heterocycles. The van der Waals surface area contributed by atoms with E-state index >= 15 is 0 Å². The molecular formula is C30H20N2O6. The fourth-order valence-electron chi connectivity index (χ4n) is 4.49. The maximum atomic E-state index is 13.3. The van der Waals surface area contributed by atoms with Gasteiger partial charge in [-0.1, -0.05) is 23.8 Å². The van der Waals surface area contributed by atoms with Gasteiger partial charge in [0.05, 0.1) is 27.9 Å². The molecule has 6 rings (SSSR count). The van der Waals surface area contributed by atoms with Crippen molar-refractivity contribution in [1.29, 1.82) is 0 Å². The summed E-state index contributed by atoms with van der Waals surface area (Å²) in [6.07, 6.45) is 0. The molecule has 4 amide bonds. The van der Waals surface area contributed by atoms with Crippen molar-refractivity contribution in [3.63, 3.8) is 0 Å². The highest BCUT2D eigenvalue weighted by Crippen LogP contribution is 2.35. The Morgan fingerprint density at radius 2 is 1.03 bits per heavy atom. The highest BCUT2D eigenvalue weighted by Gasteiger charge is 2.37. The third kappa shape index (κ3) is 3.79. The molecule has 2 heterocycles. The van der Waals surface area contributed by atoms with Gasteiger partial charge < -0.3 is 9.47 Å². The van der Waals surface area contributed by atoms with Crippen molar-refractivity contribution >= 4 is 29.3 Å². The van der Waals surface area contributed by atoms with Crippen LogP contribution in [0.3, 0.4) is 0 Å². The zero-order chi connectivity index (χ0) is 26.6. The van der Waals surface area contributed by atoms with Crippen LogP contribution in [0.2, 0.25) is 0 Å². The van der Waals surface area contributed by atoms with Crippen molar-refractivity contribution < 1.29 is 28.7 Å². The fourth-order valence-corrected chi connectivity index (χ4v) is 4.49. The molecule has 38 heavy (non-hydrogen) atoms. The van der Waals surface area contributed by atoms with E-state index in [1.54, 1.807) is 36.4 Å². The molecule has 2 aliphatic heterocycles. The van der Waals surface area contributed by atoms with Crippen LogP contribution in [-0.2, 0) is 0 Å². The molecule has 8 nitrogen and oxygen atoms in total. The van der Waals surface area contributed by atoms with Gasteiger partial charge in [-0.15, -0.1) is 0 Å². The quantitative estimate of drug-likeness (QED) is 0.328. The van der Waals surface area contributed by atoms with Gasteiger partial charge in [-0.05, 0) is 67.6 Å². The number of ether oxygens (including phenoxy) is 2. The van der Waals surface area contributed by atoms with Crippen LogP contribution in [0.5, 0.6) is 23.0 Å². The van der Waals surface area contributed by atoms with Gasteiger partial charge in [-0.2, -0.15) is 0 Å². The highest BCUT2D eigenvalue weighted by molar-refractivity contribution is 6.34. The van der Waals surface area contributed by atoms with Gasteiger partial charge in [0.25, 0.3) is 23.6 Å². The van der Waals surface area contributed by atoms with Crippen LogP contribution >= 0.6 is 0 Å². The summed E-state index contributed by atoms with van der Waals surface area (Å²) in [4.78, 5) is 53.1. The van der Waals surface area contributed by atoms with Gasteiger partial charge in [0, 0.05) is 13.1 Å². The lowest BCUT2D eigenvalue weighted by molar-refractivity contribution is 0.0692. The number of imide groups is 2. The minimum absolute atomic E-state index is 0.199. The van der Waals surface area contributed by atoms with Crippen LogP contribution in [0, 0.1) is 6.92 Å². The van der Waals surface area contributed by atoms with Crippen LogP contribution in [0.4, 0.5) is 5.69 Å². The Morgan fingerprint density at radius 3 is 1.71 bits per heavy atom. The number of carbonyl (C=O) groups excluding carboxylic acids is 4. The second kappa shape index (κ2) is 8.70. The molecule has 4 aromatic rings. The van der Waals surface area contributed by atoms with E-state index in [1.165, 1.54) is 31.3 Å². The molecule has 0 aliphatic carbocycles. The average Bonchev–Trinajstić information content (AvgIpc) is 3.29. The van der Waals surface area contributed by atoms with Crippen molar-refractivity contribution in [1.82, 2.24) is 4.90 Å². The van der Waals surface area contributed by atoms with E-state index in [4.69, 9.17) is 9.47 Å². The number of hydrogen-bond acceptors (Lipinski definition) is 6. The molecule has 8 heteroatoms. The Labute approximate surface area is 217 Å². The number of anilines is 1. The Balaban J connectivity index is 1.25. The Morgan fingerprint density at radius 1 is 0.526 bits per heavy atom. The average molecular weight is 504 g/mol. The summed E-state index contributed by atoms with van der Waals surface area (Å²) in [6, 6.07) is 23.5. The van der Waals surface area contributed by atoms with E-state index in [1.807, 2.05) is 31.2 Å². The third-order valence-electron chi connectivity index (χ3n) is 6.49. The van der Waals surface area contributed by atoms with Gasteiger partial charge in [0.2, 0.25) is 0 Å². The van der Waals surface area contributed by atoms with E-state index in [-0.39, 0.29) is 22.6 Å². The summed E-state index contributed by atoms with van der Waals surface area (Å²) < 4.78 is 11.8. The van der Waals surface area contributed by atoms with Crippen molar-refractivity contribution in [2.75, 3.05) is 11.9 Å². The molecule has 4 aromatic carbocycles. The third-order valence-corrected chi connectivity index (χ3v) is 6.49.